The Kier molecular flexibility index (Phi) is 3.29. The van der Waals surface area contributed by atoms with Gasteiger partial charge in [0.05, 0.1) is 6.20 Å². The number of aryl methyl sites for hydroxylation is 2. The van der Waals surface area contributed by atoms with Crippen LogP contribution in [0.4, 0.5) is 0 Å². The van der Waals surface area contributed by atoms with Gasteiger partial charge in [-0.15, -0.1) is 0 Å². The Morgan fingerprint density at radius 2 is 1.94 bits per heavy atom. The SMILES string of the molecule is Cc1ccc(-c2cnn(C)c2CC(C)N)cc1. The number of rotatable bonds is 3. The molecule has 0 spiro atoms. The van der Waals surface area contributed by atoms with E-state index in [2.05, 4.69) is 36.3 Å². The van der Waals surface area contributed by atoms with Crippen LogP contribution in [0.15, 0.2) is 30.5 Å². The van der Waals surface area contributed by atoms with Crippen molar-refractivity contribution in [1.82, 2.24) is 9.78 Å². The van der Waals surface area contributed by atoms with Crippen molar-refractivity contribution in [3.05, 3.63) is 41.7 Å². The van der Waals surface area contributed by atoms with Crippen LogP contribution in [0.2, 0.25) is 0 Å². The van der Waals surface area contributed by atoms with E-state index in [-0.39, 0.29) is 6.04 Å². The summed E-state index contributed by atoms with van der Waals surface area (Å²) < 4.78 is 1.92. The molecule has 0 amide bonds. The van der Waals surface area contributed by atoms with Gasteiger partial charge in [-0.25, -0.2) is 0 Å². The quantitative estimate of drug-likeness (QED) is 0.877. The average Bonchev–Trinajstić information content (AvgIpc) is 2.61. The fourth-order valence-corrected chi connectivity index (χ4v) is 1.98. The van der Waals surface area contributed by atoms with Crippen LogP contribution in [0, 0.1) is 6.92 Å². The molecule has 2 aromatic rings. The summed E-state index contributed by atoms with van der Waals surface area (Å²) in [6.45, 7) is 4.11. The molecule has 3 heteroatoms. The van der Waals surface area contributed by atoms with Crippen LogP contribution < -0.4 is 5.73 Å². The average molecular weight is 229 g/mol. The van der Waals surface area contributed by atoms with E-state index in [1.54, 1.807) is 0 Å². The Bertz CT molecular complexity index is 495. The highest BCUT2D eigenvalue weighted by Gasteiger charge is 2.11. The van der Waals surface area contributed by atoms with Crippen molar-refractivity contribution in [2.45, 2.75) is 26.3 Å². The molecule has 3 nitrogen and oxygen atoms in total. The number of hydrogen-bond acceptors (Lipinski definition) is 2. The molecule has 0 saturated heterocycles. The molecule has 2 N–H and O–H groups in total. The fraction of sp³-hybridized carbons (Fsp3) is 0.357. The van der Waals surface area contributed by atoms with Gasteiger partial charge < -0.3 is 5.73 Å². The third-order valence-electron chi connectivity index (χ3n) is 2.94. The predicted molar refractivity (Wildman–Crippen MR) is 70.7 cm³/mol. The molecule has 0 aliphatic carbocycles. The zero-order valence-electron chi connectivity index (χ0n) is 10.6. The van der Waals surface area contributed by atoms with Gasteiger partial charge in [0.15, 0.2) is 0 Å². The van der Waals surface area contributed by atoms with E-state index < -0.39 is 0 Å². The summed E-state index contributed by atoms with van der Waals surface area (Å²) in [6, 6.07) is 8.67. The van der Waals surface area contributed by atoms with Gasteiger partial charge in [0.1, 0.15) is 0 Å². The lowest BCUT2D eigenvalue weighted by Gasteiger charge is -2.09. The van der Waals surface area contributed by atoms with Crippen molar-refractivity contribution in [1.29, 1.82) is 0 Å². The van der Waals surface area contributed by atoms with Gasteiger partial charge in [0.2, 0.25) is 0 Å². The molecule has 0 aliphatic rings. The van der Waals surface area contributed by atoms with Crippen molar-refractivity contribution in [2.24, 2.45) is 12.8 Å². The standard InChI is InChI=1S/C14H19N3/c1-10-4-6-12(7-5-10)13-9-16-17(3)14(13)8-11(2)15/h4-7,9,11H,8,15H2,1-3H3. The zero-order chi connectivity index (χ0) is 12.4. The molecular weight excluding hydrogens is 210 g/mol. The summed E-state index contributed by atoms with van der Waals surface area (Å²) in [5.74, 6) is 0. The predicted octanol–water partition coefficient (Wildman–Crippen LogP) is 2.29. The van der Waals surface area contributed by atoms with Crippen LogP contribution in [0.25, 0.3) is 11.1 Å². The highest BCUT2D eigenvalue weighted by molar-refractivity contribution is 5.65. The van der Waals surface area contributed by atoms with E-state index in [0.29, 0.717) is 0 Å². The third-order valence-corrected chi connectivity index (χ3v) is 2.94. The van der Waals surface area contributed by atoms with Crippen molar-refractivity contribution in [2.75, 3.05) is 0 Å². The number of aromatic nitrogens is 2. The summed E-state index contributed by atoms with van der Waals surface area (Å²) in [5, 5.41) is 4.33. The fourth-order valence-electron chi connectivity index (χ4n) is 1.98. The Balaban J connectivity index is 2.41. The molecule has 0 radical (unpaired) electrons. The molecule has 90 valence electrons. The van der Waals surface area contributed by atoms with Crippen LogP contribution in [0.1, 0.15) is 18.2 Å². The van der Waals surface area contributed by atoms with Crippen molar-refractivity contribution in [3.63, 3.8) is 0 Å². The normalized spacial score (nSPS) is 12.7. The highest BCUT2D eigenvalue weighted by Crippen LogP contribution is 2.24. The lowest BCUT2D eigenvalue weighted by molar-refractivity contribution is 0.651. The van der Waals surface area contributed by atoms with Crippen LogP contribution in [-0.4, -0.2) is 15.8 Å². The van der Waals surface area contributed by atoms with Crippen molar-refractivity contribution >= 4 is 0 Å². The molecule has 0 saturated carbocycles. The maximum Gasteiger partial charge on any atom is 0.0571 e. The number of nitrogens with zero attached hydrogens (tertiary/aromatic N) is 2. The largest absolute Gasteiger partial charge is 0.328 e. The van der Waals surface area contributed by atoms with Crippen LogP contribution >= 0.6 is 0 Å². The Morgan fingerprint density at radius 3 is 2.53 bits per heavy atom. The van der Waals surface area contributed by atoms with E-state index >= 15 is 0 Å². The summed E-state index contributed by atoms with van der Waals surface area (Å²) in [4.78, 5) is 0. The molecule has 17 heavy (non-hydrogen) atoms. The molecule has 0 bridgehead atoms. The molecule has 1 atom stereocenters. The second kappa shape index (κ2) is 4.72. The molecule has 0 fully saturated rings. The van der Waals surface area contributed by atoms with Gasteiger partial charge >= 0.3 is 0 Å². The maximum absolute atomic E-state index is 5.88. The Morgan fingerprint density at radius 1 is 1.29 bits per heavy atom. The minimum absolute atomic E-state index is 0.148. The summed E-state index contributed by atoms with van der Waals surface area (Å²) >= 11 is 0. The highest BCUT2D eigenvalue weighted by atomic mass is 15.3. The van der Waals surface area contributed by atoms with Crippen LogP contribution in [0.3, 0.4) is 0 Å². The second-order valence-corrected chi connectivity index (χ2v) is 4.68. The zero-order valence-corrected chi connectivity index (χ0v) is 10.6. The lowest BCUT2D eigenvalue weighted by atomic mass is 10.0. The maximum atomic E-state index is 5.88. The topological polar surface area (TPSA) is 43.8 Å². The van der Waals surface area contributed by atoms with Gasteiger partial charge in [0, 0.05) is 30.8 Å². The number of nitrogens with two attached hydrogens (primary N) is 1. The first-order valence-corrected chi connectivity index (χ1v) is 5.91. The van der Waals surface area contributed by atoms with Crippen molar-refractivity contribution in [3.8, 4) is 11.1 Å². The first-order valence-electron chi connectivity index (χ1n) is 5.91. The summed E-state index contributed by atoms with van der Waals surface area (Å²) in [7, 11) is 1.97. The molecule has 0 aliphatic heterocycles. The number of hydrogen-bond donors (Lipinski definition) is 1. The Labute approximate surface area is 102 Å². The summed E-state index contributed by atoms with van der Waals surface area (Å²) in [6.07, 6.45) is 2.77. The van der Waals surface area contributed by atoms with E-state index in [1.165, 1.54) is 22.4 Å². The lowest BCUT2D eigenvalue weighted by Crippen LogP contribution is -2.20. The smallest absolute Gasteiger partial charge is 0.0571 e. The van der Waals surface area contributed by atoms with E-state index in [9.17, 15) is 0 Å². The van der Waals surface area contributed by atoms with Gasteiger partial charge in [0.25, 0.3) is 0 Å². The molecule has 1 aromatic heterocycles. The van der Waals surface area contributed by atoms with Gasteiger partial charge in [-0.2, -0.15) is 5.10 Å². The van der Waals surface area contributed by atoms with Gasteiger partial charge in [-0.05, 0) is 19.4 Å². The first kappa shape index (κ1) is 11.9. The first-order chi connectivity index (χ1) is 8.08. The molecule has 1 unspecified atom stereocenters. The molecule has 1 aromatic carbocycles. The van der Waals surface area contributed by atoms with Crippen LogP contribution in [0.5, 0.6) is 0 Å². The third kappa shape index (κ3) is 2.56. The van der Waals surface area contributed by atoms with E-state index in [0.717, 1.165) is 6.42 Å². The minimum Gasteiger partial charge on any atom is -0.328 e. The van der Waals surface area contributed by atoms with Gasteiger partial charge in [-0.1, -0.05) is 29.8 Å². The van der Waals surface area contributed by atoms with E-state index in [4.69, 9.17) is 5.73 Å². The summed E-state index contributed by atoms with van der Waals surface area (Å²) in [5.41, 5.74) is 10.7. The molecule has 1 heterocycles. The van der Waals surface area contributed by atoms with Gasteiger partial charge in [-0.3, -0.25) is 4.68 Å². The molecule has 2 rings (SSSR count). The minimum atomic E-state index is 0.148. The second-order valence-electron chi connectivity index (χ2n) is 4.68. The van der Waals surface area contributed by atoms with Crippen LogP contribution in [-0.2, 0) is 13.5 Å². The van der Waals surface area contributed by atoms with Crippen molar-refractivity contribution < 1.29 is 0 Å². The number of benzene rings is 1. The van der Waals surface area contributed by atoms with E-state index in [1.807, 2.05) is 24.9 Å². The Hall–Kier alpha value is -1.61. The monoisotopic (exact) mass is 229 g/mol. The molecular formula is C14H19N3.